The molecule has 0 saturated heterocycles. The number of nitrogens with two attached hydrogens (primary N) is 1. The van der Waals surface area contributed by atoms with E-state index in [1.54, 1.807) is 18.2 Å². The van der Waals surface area contributed by atoms with E-state index in [0.717, 1.165) is 10.8 Å². The molecule has 0 aromatic heterocycles. The summed E-state index contributed by atoms with van der Waals surface area (Å²) in [6.07, 6.45) is 0. The van der Waals surface area contributed by atoms with E-state index in [1.165, 1.54) is 12.1 Å². The van der Waals surface area contributed by atoms with Crippen LogP contribution >= 0.6 is 0 Å². The Kier molecular flexibility index (Phi) is 3.48. The number of nitrogens with zero attached hydrogens (tertiary/aromatic N) is 1. The number of hydrogen-bond donors (Lipinski definition) is 2. The molecule has 0 aliphatic carbocycles. The highest BCUT2D eigenvalue weighted by atomic mass is 16.6. The van der Waals surface area contributed by atoms with Gasteiger partial charge in [0.1, 0.15) is 5.75 Å². The van der Waals surface area contributed by atoms with Crippen molar-refractivity contribution in [3.8, 4) is 5.75 Å². The van der Waals surface area contributed by atoms with E-state index in [-0.39, 0.29) is 11.4 Å². The fourth-order valence-corrected chi connectivity index (χ4v) is 2.58. The van der Waals surface area contributed by atoms with E-state index in [1.807, 2.05) is 30.3 Å². The number of hydrogen-bond acceptors (Lipinski definition) is 4. The number of benzene rings is 3. The molecule has 5 heteroatoms. The number of phenolic OH excluding ortho intramolecular Hbond substituents is 1. The van der Waals surface area contributed by atoms with E-state index in [9.17, 15) is 15.2 Å². The Morgan fingerprint density at radius 2 is 1.68 bits per heavy atom. The van der Waals surface area contributed by atoms with Gasteiger partial charge in [-0.1, -0.05) is 42.5 Å². The first-order chi connectivity index (χ1) is 10.6. The monoisotopic (exact) mass is 294 g/mol. The second kappa shape index (κ2) is 5.46. The molecule has 3 aromatic rings. The summed E-state index contributed by atoms with van der Waals surface area (Å²) < 4.78 is 0. The number of nitro benzene ring substituents is 1. The molecule has 22 heavy (non-hydrogen) atoms. The third-order valence-corrected chi connectivity index (χ3v) is 3.72. The van der Waals surface area contributed by atoms with Gasteiger partial charge in [-0.05, 0) is 22.4 Å². The molecular weight excluding hydrogens is 280 g/mol. The molecule has 0 fully saturated rings. The van der Waals surface area contributed by atoms with Crippen LogP contribution < -0.4 is 5.73 Å². The molecule has 0 saturated carbocycles. The maximum absolute atomic E-state index is 10.7. The lowest BCUT2D eigenvalue weighted by Crippen LogP contribution is -2.12. The number of nitro groups is 1. The fraction of sp³-hybridized carbons (Fsp3) is 0.0588. The van der Waals surface area contributed by atoms with E-state index in [2.05, 4.69) is 0 Å². The van der Waals surface area contributed by atoms with Crippen LogP contribution in [-0.4, -0.2) is 10.0 Å². The molecule has 0 spiro atoms. The molecule has 0 aliphatic rings. The van der Waals surface area contributed by atoms with Crippen molar-refractivity contribution in [2.75, 3.05) is 0 Å². The van der Waals surface area contributed by atoms with Crippen LogP contribution in [0.2, 0.25) is 0 Å². The van der Waals surface area contributed by atoms with Crippen molar-refractivity contribution in [1.82, 2.24) is 0 Å². The van der Waals surface area contributed by atoms with Crippen LogP contribution in [0.3, 0.4) is 0 Å². The van der Waals surface area contributed by atoms with Crippen LogP contribution in [0.5, 0.6) is 5.75 Å². The lowest BCUT2D eigenvalue weighted by molar-refractivity contribution is -0.384. The number of fused-ring (bicyclic) bond motifs is 1. The number of aromatic hydroxyl groups is 1. The van der Waals surface area contributed by atoms with Gasteiger partial charge in [-0.15, -0.1) is 0 Å². The molecular formula is C17H14N2O3. The molecule has 1 atom stereocenters. The predicted octanol–water partition coefficient (Wildman–Crippen LogP) is 3.50. The first-order valence-corrected chi connectivity index (χ1v) is 6.78. The minimum absolute atomic E-state index is 0.0121. The molecule has 1 unspecified atom stereocenters. The van der Waals surface area contributed by atoms with Crippen molar-refractivity contribution in [3.63, 3.8) is 0 Å². The molecule has 110 valence electrons. The van der Waals surface area contributed by atoms with E-state index >= 15 is 0 Å². The molecule has 0 heterocycles. The summed E-state index contributed by atoms with van der Waals surface area (Å²) in [6.45, 7) is 0. The van der Waals surface area contributed by atoms with Gasteiger partial charge in [0.05, 0.1) is 11.0 Å². The molecule has 3 aromatic carbocycles. The molecule has 0 aliphatic heterocycles. The fourth-order valence-electron chi connectivity index (χ4n) is 2.58. The summed E-state index contributed by atoms with van der Waals surface area (Å²) in [5.74, 6) is 0.115. The quantitative estimate of drug-likeness (QED) is 0.571. The minimum Gasteiger partial charge on any atom is -0.508 e. The van der Waals surface area contributed by atoms with E-state index < -0.39 is 11.0 Å². The SMILES string of the molecule is NC(c1ccc([N+](=O)[O-])cc1)c1c(O)ccc2ccccc12. The first kappa shape index (κ1) is 14.0. The summed E-state index contributed by atoms with van der Waals surface area (Å²) in [7, 11) is 0. The van der Waals surface area contributed by atoms with Crippen molar-refractivity contribution in [2.45, 2.75) is 6.04 Å². The molecule has 0 bridgehead atoms. The average molecular weight is 294 g/mol. The third kappa shape index (κ3) is 2.38. The maximum atomic E-state index is 10.7. The highest BCUT2D eigenvalue weighted by Gasteiger charge is 2.17. The number of rotatable bonds is 3. The van der Waals surface area contributed by atoms with Crippen molar-refractivity contribution >= 4 is 16.5 Å². The number of non-ortho nitro benzene ring substituents is 1. The zero-order chi connectivity index (χ0) is 15.7. The third-order valence-electron chi connectivity index (χ3n) is 3.72. The lowest BCUT2D eigenvalue weighted by atomic mass is 9.93. The Labute approximate surface area is 126 Å². The van der Waals surface area contributed by atoms with E-state index in [4.69, 9.17) is 5.73 Å². The van der Waals surface area contributed by atoms with Gasteiger partial charge in [-0.3, -0.25) is 10.1 Å². The minimum atomic E-state index is -0.563. The average Bonchev–Trinajstić information content (AvgIpc) is 2.54. The Balaban J connectivity index is 2.10. The topological polar surface area (TPSA) is 89.4 Å². The maximum Gasteiger partial charge on any atom is 0.269 e. The molecule has 0 amide bonds. The second-order valence-electron chi connectivity index (χ2n) is 5.05. The second-order valence-corrected chi connectivity index (χ2v) is 5.05. The Bertz CT molecular complexity index is 844. The zero-order valence-electron chi connectivity index (χ0n) is 11.6. The summed E-state index contributed by atoms with van der Waals surface area (Å²) in [5.41, 5.74) is 7.62. The summed E-state index contributed by atoms with van der Waals surface area (Å²) in [4.78, 5) is 10.3. The predicted molar refractivity (Wildman–Crippen MR) is 84.7 cm³/mol. The van der Waals surface area contributed by atoms with Crippen LogP contribution in [-0.2, 0) is 0 Å². The molecule has 0 radical (unpaired) electrons. The summed E-state index contributed by atoms with van der Waals surface area (Å²) >= 11 is 0. The van der Waals surface area contributed by atoms with Crippen LogP contribution in [0, 0.1) is 10.1 Å². The highest BCUT2D eigenvalue weighted by Crippen LogP contribution is 2.34. The van der Waals surface area contributed by atoms with Crippen molar-refractivity contribution < 1.29 is 10.0 Å². The first-order valence-electron chi connectivity index (χ1n) is 6.78. The normalized spacial score (nSPS) is 12.2. The largest absolute Gasteiger partial charge is 0.508 e. The van der Waals surface area contributed by atoms with Crippen LogP contribution in [0.1, 0.15) is 17.2 Å². The van der Waals surface area contributed by atoms with Gasteiger partial charge in [-0.25, -0.2) is 0 Å². The van der Waals surface area contributed by atoms with Gasteiger partial charge in [0.25, 0.3) is 5.69 Å². The lowest BCUT2D eigenvalue weighted by Gasteiger charge is -2.16. The van der Waals surface area contributed by atoms with Gasteiger partial charge in [0.15, 0.2) is 0 Å². The van der Waals surface area contributed by atoms with Crippen LogP contribution in [0.25, 0.3) is 10.8 Å². The Hall–Kier alpha value is -2.92. The standard InChI is InChI=1S/C17H14N2O3/c18-17(12-5-8-13(9-6-12)19(21)22)16-14-4-2-1-3-11(14)7-10-15(16)20/h1-10,17,20H,18H2. The van der Waals surface area contributed by atoms with Crippen molar-refractivity contribution in [2.24, 2.45) is 5.73 Å². The van der Waals surface area contributed by atoms with Crippen LogP contribution in [0.4, 0.5) is 5.69 Å². The molecule has 5 nitrogen and oxygen atoms in total. The highest BCUT2D eigenvalue weighted by molar-refractivity contribution is 5.88. The molecule has 3 N–H and O–H groups in total. The van der Waals surface area contributed by atoms with Crippen LogP contribution in [0.15, 0.2) is 60.7 Å². The van der Waals surface area contributed by atoms with Crippen molar-refractivity contribution in [3.05, 3.63) is 81.9 Å². The Morgan fingerprint density at radius 1 is 1.00 bits per heavy atom. The van der Waals surface area contributed by atoms with Gasteiger partial charge in [0.2, 0.25) is 0 Å². The summed E-state index contributed by atoms with van der Waals surface area (Å²) in [6, 6.07) is 16.6. The van der Waals surface area contributed by atoms with Gasteiger partial charge < -0.3 is 10.8 Å². The summed E-state index contributed by atoms with van der Waals surface area (Å²) in [5, 5.41) is 22.8. The number of phenols is 1. The van der Waals surface area contributed by atoms with Gasteiger partial charge in [-0.2, -0.15) is 0 Å². The Morgan fingerprint density at radius 3 is 2.36 bits per heavy atom. The van der Waals surface area contributed by atoms with Gasteiger partial charge >= 0.3 is 0 Å². The molecule has 3 rings (SSSR count). The smallest absolute Gasteiger partial charge is 0.269 e. The zero-order valence-corrected chi connectivity index (χ0v) is 11.6. The van der Waals surface area contributed by atoms with E-state index in [0.29, 0.717) is 11.1 Å². The van der Waals surface area contributed by atoms with Crippen molar-refractivity contribution in [1.29, 1.82) is 0 Å². The van der Waals surface area contributed by atoms with Gasteiger partial charge in [0, 0.05) is 17.7 Å².